The Bertz CT molecular complexity index is 1190. The molecule has 2 amide bonds. The van der Waals surface area contributed by atoms with Crippen molar-refractivity contribution in [3.63, 3.8) is 0 Å². The second-order valence-electron chi connectivity index (χ2n) is 7.15. The second kappa shape index (κ2) is 6.33. The predicted octanol–water partition coefficient (Wildman–Crippen LogP) is 3.29. The van der Waals surface area contributed by atoms with Gasteiger partial charge in [-0.25, -0.2) is 19.3 Å². The van der Waals surface area contributed by atoms with Gasteiger partial charge in [0, 0.05) is 19.8 Å². The molecule has 1 saturated heterocycles. The number of imidazole rings is 1. The molecule has 0 spiro atoms. The smallest absolute Gasteiger partial charge is 0.322 e. The third-order valence-corrected chi connectivity index (χ3v) is 5.34. The summed E-state index contributed by atoms with van der Waals surface area (Å²) in [6, 6.07) is 11.6. The van der Waals surface area contributed by atoms with Crippen LogP contribution in [0.15, 0.2) is 42.6 Å². The molecule has 0 saturated carbocycles. The second-order valence-corrected chi connectivity index (χ2v) is 7.15. The first kappa shape index (κ1) is 16.7. The van der Waals surface area contributed by atoms with Crippen LogP contribution in [0.3, 0.4) is 0 Å². The van der Waals surface area contributed by atoms with Crippen molar-refractivity contribution in [2.24, 2.45) is 7.05 Å². The van der Waals surface area contributed by atoms with Crippen LogP contribution in [-0.4, -0.2) is 41.6 Å². The lowest BCUT2D eigenvalue weighted by molar-refractivity contribution is 0.204. The van der Waals surface area contributed by atoms with Crippen molar-refractivity contribution in [1.29, 1.82) is 0 Å². The van der Waals surface area contributed by atoms with Gasteiger partial charge in [0.25, 0.3) is 0 Å². The largest absolute Gasteiger partial charge is 0.329 e. The molecule has 1 fully saturated rings. The number of aryl methyl sites for hydroxylation is 2. The van der Waals surface area contributed by atoms with Gasteiger partial charge in [-0.15, -0.1) is 0 Å². The predicted molar refractivity (Wildman–Crippen MR) is 106 cm³/mol. The van der Waals surface area contributed by atoms with Crippen LogP contribution in [-0.2, 0) is 7.05 Å². The first-order valence-electron chi connectivity index (χ1n) is 9.43. The number of carbonyl (C=O) groups excluding carboxylic acids is 1. The van der Waals surface area contributed by atoms with Crippen LogP contribution in [0.5, 0.6) is 0 Å². The molecular weight excluding hydrogens is 354 g/mol. The van der Waals surface area contributed by atoms with Crippen LogP contribution in [0.4, 0.5) is 10.5 Å². The molecule has 1 aliphatic rings. The van der Waals surface area contributed by atoms with Gasteiger partial charge in [0.1, 0.15) is 11.6 Å². The van der Waals surface area contributed by atoms with Crippen molar-refractivity contribution >= 4 is 28.4 Å². The molecule has 5 rings (SSSR count). The summed E-state index contributed by atoms with van der Waals surface area (Å²) < 4.78 is 3.77. The third kappa shape index (κ3) is 2.60. The lowest BCUT2D eigenvalue weighted by Gasteiger charge is -2.24. The minimum atomic E-state index is -0.136. The van der Waals surface area contributed by atoms with Gasteiger partial charge < -0.3 is 14.8 Å². The Hall–Kier alpha value is -3.42. The van der Waals surface area contributed by atoms with E-state index >= 15 is 0 Å². The van der Waals surface area contributed by atoms with Crippen LogP contribution < -0.4 is 5.32 Å². The summed E-state index contributed by atoms with van der Waals surface area (Å²) in [6.07, 6.45) is 3.68. The molecule has 1 aromatic carbocycles. The van der Waals surface area contributed by atoms with Crippen LogP contribution in [0.2, 0.25) is 0 Å². The van der Waals surface area contributed by atoms with E-state index in [0.29, 0.717) is 23.7 Å². The Morgan fingerprint density at radius 1 is 1.18 bits per heavy atom. The maximum Gasteiger partial charge on any atom is 0.322 e. The minimum Gasteiger partial charge on any atom is -0.329 e. The van der Waals surface area contributed by atoms with Crippen molar-refractivity contribution in [2.45, 2.75) is 25.8 Å². The Morgan fingerprint density at radius 2 is 2.04 bits per heavy atom. The van der Waals surface area contributed by atoms with Crippen LogP contribution >= 0.6 is 0 Å². The fourth-order valence-corrected chi connectivity index (χ4v) is 4.04. The Balaban J connectivity index is 1.46. The number of fused-ring (bicyclic) bond motifs is 2. The van der Waals surface area contributed by atoms with Gasteiger partial charge in [-0.2, -0.15) is 5.10 Å². The molecule has 4 heterocycles. The number of carbonyl (C=O) groups is 1. The molecule has 1 aliphatic heterocycles. The van der Waals surface area contributed by atoms with Gasteiger partial charge in [0.2, 0.25) is 0 Å². The fraction of sp³-hybridized carbons (Fsp3) is 0.300. The number of para-hydroxylation sites is 2. The summed E-state index contributed by atoms with van der Waals surface area (Å²) in [6.45, 7) is 2.54. The summed E-state index contributed by atoms with van der Waals surface area (Å²) in [4.78, 5) is 24.2. The van der Waals surface area contributed by atoms with E-state index < -0.39 is 0 Å². The molecule has 28 heavy (non-hydrogen) atoms. The molecule has 3 aromatic heterocycles. The van der Waals surface area contributed by atoms with Crippen molar-refractivity contribution in [1.82, 2.24) is 29.0 Å². The highest BCUT2D eigenvalue weighted by molar-refractivity contribution is 5.93. The number of anilines is 1. The standard InChI is InChI=1S/C20H21N7O/c1-13-21-18-15(8-5-12-27(18)24-13)23-20(28)26-11-6-10-17(26)19-22-14-7-3-4-9-16(14)25(19)2/h3-5,7-9,12,17H,6,10-11H2,1-2H3,(H,23,28). The number of likely N-dealkylation sites (tertiary alicyclic amines) is 1. The number of pyridine rings is 1. The third-order valence-electron chi connectivity index (χ3n) is 5.34. The number of rotatable bonds is 2. The summed E-state index contributed by atoms with van der Waals surface area (Å²) >= 11 is 0. The van der Waals surface area contributed by atoms with Gasteiger partial charge >= 0.3 is 6.03 Å². The van der Waals surface area contributed by atoms with E-state index in [1.54, 1.807) is 4.52 Å². The zero-order valence-corrected chi connectivity index (χ0v) is 15.8. The van der Waals surface area contributed by atoms with Crippen molar-refractivity contribution < 1.29 is 4.79 Å². The number of aromatic nitrogens is 5. The Morgan fingerprint density at radius 3 is 2.89 bits per heavy atom. The maximum absolute atomic E-state index is 13.1. The number of urea groups is 1. The molecule has 142 valence electrons. The normalized spacial score (nSPS) is 16.9. The van der Waals surface area contributed by atoms with E-state index in [1.165, 1.54) is 0 Å². The Kier molecular flexibility index (Phi) is 3.78. The van der Waals surface area contributed by atoms with Crippen LogP contribution in [0.25, 0.3) is 16.7 Å². The van der Waals surface area contributed by atoms with Gasteiger partial charge in [0.05, 0.1) is 22.8 Å². The number of benzene rings is 1. The monoisotopic (exact) mass is 375 g/mol. The number of nitrogens with one attached hydrogen (secondary N) is 1. The highest BCUT2D eigenvalue weighted by Crippen LogP contribution is 2.33. The quantitative estimate of drug-likeness (QED) is 0.583. The number of nitrogens with zero attached hydrogens (tertiary/aromatic N) is 6. The molecule has 0 radical (unpaired) electrons. The summed E-state index contributed by atoms with van der Waals surface area (Å²) in [7, 11) is 2.01. The Labute approximate surface area is 161 Å². The maximum atomic E-state index is 13.1. The van der Waals surface area contributed by atoms with Gasteiger partial charge in [-0.1, -0.05) is 12.1 Å². The summed E-state index contributed by atoms with van der Waals surface area (Å²) in [5.74, 6) is 1.59. The van der Waals surface area contributed by atoms with Gasteiger partial charge in [-0.3, -0.25) is 0 Å². The number of hydrogen-bond acceptors (Lipinski definition) is 4. The number of hydrogen-bond donors (Lipinski definition) is 1. The molecule has 1 unspecified atom stereocenters. The summed E-state index contributed by atoms with van der Waals surface area (Å²) in [5.41, 5.74) is 3.33. The average Bonchev–Trinajstić information content (AvgIpc) is 3.39. The van der Waals surface area contributed by atoms with Crippen molar-refractivity contribution in [3.8, 4) is 0 Å². The minimum absolute atomic E-state index is 0.0447. The first-order chi connectivity index (χ1) is 13.6. The molecule has 8 heteroatoms. The summed E-state index contributed by atoms with van der Waals surface area (Å²) in [5, 5.41) is 7.32. The topological polar surface area (TPSA) is 80.4 Å². The lowest BCUT2D eigenvalue weighted by atomic mass is 10.2. The number of amides is 2. The zero-order chi connectivity index (χ0) is 19.3. The molecule has 0 bridgehead atoms. The lowest BCUT2D eigenvalue weighted by Crippen LogP contribution is -2.35. The van der Waals surface area contributed by atoms with E-state index in [4.69, 9.17) is 4.98 Å². The molecular formula is C20H21N7O. The van der Waals surface area contributed by atoms with Gasteiger partial charge in [0.15, 0.2) is 5.65 Å². The van der Waals surface area contributed by atoms with E-state index in [9.17, 15) is 4.79 Å². The van der Waals surface area contributed by atoms with E-state index in [1.807, 2.05) is 55.4 Å². The fourth-order valence-electron chi connectivity index (χ4n) is 4.04. The average molecular weight is 375 g/mol. The van der Waals surface area contributed by atoms with Crippen molar-refractivity contribution in [2.75, 3.05) is 11.9 Å². The van der Waals surface area contributed by atoms with Crippen LogP contribution in [0.1, 0.15) is 30.5 Å². The van der Waals surface area contributed by atoms with Crippen molar-refractivity contribution in [3.05, 3.63) is 54.2 Å². The zero-order valence-electron chi connectivity index (χ0n) is 15.8. The van der Waals surface area contributed by atoms with E-state index in [-0.39, 0.29) is 12.1 Å². The highest BCUT2D eigenvalue weighted by atomic mass is 16.2. The molecule has 4 aromatic rings. The molecule has 0 aliphatic carbocycles. The molecule has 1 atom stereocenters. The molecule has 1 N–H and O–H groups in total. The highest BCUT2D eigenvalue weighted by Gasteiger charge is 2.33. The molecule has 8 nitrogen and oxygen atoms in total. The van der Waals surface area contributed by atoms with E-state index in [0.717, 1.165) is 29.7 Å². The van der Waals surface area contributed by atoms with E-state index in [2.05, 4.69) is 26.0 Å². The van der Waals surface area contributed by atoms with Crippen LogP contribution in [0, 0.1) is 6.92 Å². The SMILES string of the molecule is Cc1nc2c(NC(=O)N3CCCC3c3nc4ccccc4n3C)cccn2n1. The van der Waals surface area contributed by atoms with Gasteiger partial charge in [-0.05, 0) is 44.0 Å². The first-order valence-corrected chi connectivity index (χ1v) is 9.43.